The van der Waals surface area contributed by atoms with Crippen LogP contribution in [0.15, 0.2) is 0 Å². The van der Waals surface area contributed by atoms with Crippen molar-refractivity contribution >= 4 is 16.5 Å². The molecule has 3 heteroatoms. The summed E-state index contributed by atoms with van der Waals surface area (Å²) in [6.07, 6.45) is 0. The Hall–Kier alpha value is 0.394. The Morgan fingerprint density at radius 2 is 0.640 bits per heavy atom. The van der Waals surface area contributed by atoms with Gasteiger partial charge in [-0.1, -0.05) is 96.9 Å². The van der Waals surface area contributed by atoms with Crippen molar-refractivity contribution in [2.45, 2.75) is 130 Å². The molecule has 0 aliphatic heterocycles. The molecule has 0 aromatic heterocycles. The molecule has 0 fully saturated rings. The second-order valence-electron chi connectivity index (χ2n) is 10.7. The Morgan fingerprint density at radius 1 is 0.440 bits per heavy atom. The fourth-order valence-corrected chi connectivity index (χ4v) is 27.3. The zero-order valence-corrected chi connectivity index (χ0v) is 22.2. The summed E-state index contributed by atoms with van der Waals surface area (Å²) in [7, 11) is -3.30. The maximum Gasteiger partial charge on any atom is 0.129 e. The van der Waals surface area contributed by atoms with Crippen LogP contribution in [0, 0.1) is 5.92 Å². The van der Waals surface area contributed by atoms with Crippen LogP contribution < -0.4 is 0 Å². The summed E-state index contributed by atoms with van der Waals surface area (Å²) in [4.78, 5) is 0. The largest absolute Gasteiger partial charge is 0.344 e. The molecule has 0 spiro atoms. The van der Waals surface area contributed by atoms with Gasteiger partial charge in [0.05, 0.1) is 0 Å². The molecule has 0 amide bonds. The van der Waals surface area contributed by atoms with Crippen molar-refractivity contribution in [2.75, 3.05) is 6.54 Å². The molecule has 152 valence electrons. The van der Waals surface area contributed by atoms with Gasteiger partial charge in [0.25, 0.3) is 0 Å². The van der Waals surface area contributed by atoms with Crippen LogP contribution in [0.2, 0.25) is 33.2 Å². The average Bonchev–Trinajstić information content (AvgIpc) is 2.35. The Bertz CT molecular complexity index is 308. The van der Waals surface area contributed by atoms with E-state index in [0.717, 1.165) is 39.2 Å². The van der Waals surface area contributed by atoms with Gasteiger partial charge in [-0.2, -0.15) is 0 Å². The van der Waals surface area contributed by atoms with E-state index in [9.17, 15) is 0 Å². The lowest BCUT2D eigenvalue weighted by atomic mass is 10.2. The predicted molar refractivity (Wildman–Crippen MR) is 124 cm³/mol. The van der Waals surface area contributed by atoms with Crippen LogP contribution in [-0.2, 0) is 0 Å². The Balaban J connectivity index is 6.92. The molecule has 0 aliphatic rings. The fraction of sp³-hybridized carbons (Fsp3) is 1.00. The molecule has 0 aromatic rings. The molecule has 0 saturated carbocycles. The summed E-state index contributed by atoms with van der Waals surface area (Å²) in [5.74, 6) is 0.742. The molecule has 0 N–H and O–H groups in total. The first-order valence-corrected chi connectivity index (χ1v) is 15.3. The van der Waals surface area contributed by atoms with Crippen molar-refractivity contribution in [3.8, 4) is 0 Å². The van der Waals surface area contributed by atoms with E-state index in [4.69, 9.17) is 0 Å². The number of hydrogen-bond donors (Lipinski definition) is 0. The van der Waals surface area contributed by atoms with Crippen molar-refractivity contribution in [3.05, 3.63) is 0 Å². The monoisotopic (exact) mass is 385 g/mol. The zero-order chi connectivity index (χ0) is 20.3. The first kappa shape index (κ1) is 25.4. The Morgan fingerprint density at radius 3 is 0.760 bits per heavy atom. The lowest BCUT2D eigenvalue weighted by Crippen LogP contribution is -2.74. The third-order valence-corrected chi connectivity index (χ3v) is 22.7. The van der Waals surface area contributed by atoms with Crippen LogP contribution in [0.5, 0.6) is 0 Å². The minimum atomic E-state index is -1.65. The second-order valence-corrected chi connectivity index (χ2v) is 22.7. The highest BCUT2D eigenvalue weighted by molar-refractivity contribution is 6.96. The van der Waals surface area contributed by atoms with Gasteiger partial charge in [-0.15, -0.1) is 0 Å². The van der Waals surface area contributed by atoms with Gasteiger partial charge in [-0.25, -0.2) is 0 Å². The lowest BCUT2D eigenvalue weighted by Gasteiger charge is -2.63. The molecule has 0 aromatic carbocycles. The molecule has 0 unspecified atom stereocenters. The Labute approximate surface area is 163 Å². The van der Waals surface area contributed by atoms with Crippen molar-refractivity contribution in [2.24, 2.45) is 5.92 Å². The van der Waals surface area contributed by atoms with Gasteiger partial charge in [0.1, 0.15) is 16.5 Å². The summed E-state index contributed by atoms with van der Waals surface area (Å²) in [6.45, 7) is 36.7. The minimum Gasteiger partial charge on any atom is -0.344 e. The van der Waals surface area contributed by atoms with Gasteiger partial charge < -0.3 is 4.23 Å². The molecule has 1 nitrogen and oxygen atoms in total. The number of nitrogens with zero attached hydrogens (tertiary/aromatic N) is 1. The molecular weight excluding hydrogens is 334 g/mol. The van der Waals surface area contributed by atoms with Gasteiger partial charge in [-0.05, 0) is 45.7 Å². The van der Waals surface area contributed by atoms with Gasteiger partial charge in [-0.3, -0.25) is 0 Å². The highest BCUT2D eigenvalue weighted by Crippen LogP contribution is 2.53. The summed E-state index contributed by atoms with van der Waals surface area (Å²) >= 11 is 0. The molecule has 0 rings (SSSR count). The summed E-state index contributed by atoms with van der Waals surface area (Å²) in [5.41, 5.74) is 4.80. The zero-order valence-electron chi connectivity index (χ0n) is 20.2. The summed E-state index contributed by atoms with van der Waals surface area (Å²) in [6, 6.07) is 0. The van der Waals surface area contributed by atoms with Crippen LogP contribution in [0.3, 0.4) is 0 Å². The molecule has 0 saturated heterocycles. The van der Waals surface area contributed by atoms with Crippen molar-refractivity contribution in [1.82, 2.24) is 4.23 Å². The number of rotatable bonds is 10. The third-order valence-electron chi connectivity index (χ3n) is 7.03. The summed E-state index contributed by atoms with van der Waals surface area (Å²) in [5, 5.41) is 0. The topological polar surface area (TPSA) is 3.24 Å². The highest BCUT2D eigenvalue weighted by atomic mass is 28.4. The Kier molecular flexibility index (Phi) is 9.70. The highest BCUT2D eigenvalue weighted by Gasteiger charge is 2.59. The van der Waals surface area contributed by atoms with Crippen LogP contribution in [0.25, 0.3) is 0 Å². The maximum atomic E-state index is 3.30. The maximum absolute atomic E-state index is 3.30. The van der Waals surface area contributed by atoms with E-state index < -0.39 is 16.5 Å². The fourth-order valence-electron chi connectivity index (χ4n) is 6.89. The van der Waals surface area contributed by atoms with Crippen LogP contribution in [0.4, 0.5) is 0 Å². The predicted octanol–water partition coefficient (Wildman–Crippen LogP) is 8.30. The summed E-state index contributed by atoms with van der Waals surface area (Å²) < 4.78 is 3.30. The quantitative estimate of drug-likeness (QED) is 0.342. The van der Waals surface area contributed by atoms with E-state index in [1.54, 1.807) is 0 Å². The van der Waals surface area contributed by atoms with E-state index in [1.807, 2.05) is 0 Å². The molecular formula is C22H51NSi2. The third kappa shape index (κ3) is 4.46. The van der Waals surface area contributed by atoms with Crippen LogP contribution >= 0.6 is 0 Å². The lowest BCUT2D eigenvalue weighted by molar-refractivity contribution is 0.434. The number of hydrogen-bond acceptors (Lipinski definition) is 1. The standard InChI is InChI=1S/C22H51NSi2/c1-16(2)15-23(24(17(3)4,18(5)6)19(7)8)25(20(9)10,21(11)12)22(13)14/h16-22H,15H2,1-14H3. The van der Waals surface area contributed by atoms with Crippen molar-refractivity contribution in [3.63, 3.8) is 0 Å². The van der Waals surface area contributed by atoms with Gasteiger partial charge >= 0.3 is 0 Å². The molecule has 0 aliphatic carbocycles. The van der Waals surface area contributed by atoms with Crippen molar-refractivity contribution in [1.29, 1.82) is 0 Å². The first-order chi connectivity index (χ1) is 11.2. The van der Waals surface area contributed by atoms with Crippen molar-refractivity contribution < 1.29 is 0 Å². The van der Waals surface area contributed by atoms with E-state index >= 15 is 0 Å². The first-order valence-electron chi connectivity index (χ1n) is 11.0. The molecule has 0 radical (unpaired) electrons. The van der Waals surface area contributed by atoms with Crippen LogP contribution in [-0.4, -0.2) is 27.2 Å². The van der Waals surface area contributed by atoms with Gasteiger partial charge in [0.2, 0.25) is 0 Å². The minimum absolute atomic E-state index is 0.742. The molecule has 25 heavy (non-hydrogen) atoms. The van der Waals surface area contributed by atoms with E-state index in [0.29, 0.717) is 0 Å². The van der Waals surface area contributed by atoms with Gasteiger partial charge in [0.15, 0.2) is 0 Å². The van der Waals surface area contributed by atoms with E-state index in [2.05, 4.69) is 101 Å². The van der Waals surface area contributed by atoms with Crippen LogP contribution in [0.1, 0.15) is 96.9 Å². The van der Waals surface area contributed by atoms with Gasteiger partial charge in [0, 0.05) is 0 Å². The smallest absolute Gasteiger partial charge is 0.129 e. The van der Waals surface area contributed by atoms with E-state index in [-0.39, 0.29) is 0 Å². The second kappa shape index (κ2) is 9.55. The van der Waals surface area contributed by atoms with E-state index in [1.165, 1.54) is 6.54 Å². The molecule has 0 atom stereocenters. The SMILES string of the molecule is CC(C)CN([Si](C(C)C)(C(C)C)C(C)C)[Si](C(C)C)(C(C)C)C(C)C. The molecule has 0 bridgehead atoms. The average molecular weight is 386 g/mol. The normalized spacial score (nSPS) is 14.6. The molecule has 0 heterocycles.